The number of benzene rings is 1. The summed E-state index contributed by atoms with van der Waals surface area (Å²) in [6, 6.07) is 11.4. The quantitative estimate of drug-likeness (QED) is 0.840. The average molecular weight is 314 g/mol. The van der Waals surface area contributed by atoms with Gasteiger partial charge in [-0.05, 0) is 32.0 Å². The van der Waals surface area contributed by atoms with E-state index in [1.807, 2.05) is 19.9 Å². The van der Waals surface area contributed by atoms with Gasteiger partial charge in [0.05, 0.1) is 12.2 Å². The Morgan fingerprint density at radius 2 is 1.83 bits per heavy atom. The number of para-hydroxylation sites is 1. The minimum atomic E-state index is -0.520. The molecule has 0 aliphatic carbocycles. The second kappa shape index (κ2) is 7.35. The molecular formula is C16H18N4O3. The Bertz CT molecular complexity index is 753. The first kappa shape index (κ1) is 16.4. The van der Waals surface area contributed by atoms with Gasteiger partial charge in [0, 0.05) is 12.1 Å². The predicted octanol–water partition coefficient (Wildman–Crippen LogP) is 0.487. The van der Waals surface area contributed by atoms with Crippen LogP contribution in [0.5, 0.6) is 0 Å². The summed E-state index contributed by atoms with van der Waals surface area (Å²) in [7, 11) is 0. The van der Waals surface area contributed by atoms with E-state index >= 15 is 0 Å². The number of hydrogen-bond donors (Lipinski definition) is 2. The van der Waals surface area contributed by atoms with Crippen LogP contribution in [-0.2, 0) is 4.79 Å². The summed E-state index contributed by atoms with van der Waals surface area (Å²) in [4.78, 5) is 35.5. The van der Waals surface area contributed by atoms with Crippen molar-refractivity contribution in [3.63, 3.8) is 0 Å². The van der Waals surface area contributed by atoms with Gasteiger partial charge in [0.15, 0.2) is 0 Å². The molecule has 7 nitrogen and oxygen atoms in total. The third-order valence-electron chi connectivity index (χ3n) is 2.89. The first-order valence-electron chi connectivity index (χ1n) is 7.21. The second-order valence-electron chi connectivity index (χ2n) is 5.21. The van der Waals surface area contributed by atoms with Crippen molar-refractivity contribution in [3.8, 4) is 5.69 Å². The molecule has 0 unspecified atom stereocenters. The van der Waals surface area contributed by atoms with Crippen LogP contribution >= 0.6 is 0 Å². The number of carbonyl (C=O) groups excluding carboxylic acids is 2. The minimum Gasteiger partial charge on any atom is -0.352 e. The van der Waals surface area contributed by atoms with Gasteiger partial charge in [0.25, 0.3) is 11.5 Å². The fourth-order valence-electron chi connectivity index (χ4n) is 1.91. The molecule has 0 aliphatic rings. The molecule has 7 heteroatoms. The summed E-state index contributed by atoms with van der Waals surface area (Å²) in [5.74, 6) is -0.807. The van der Waals surface area contributed by atoms with E-state index in [0.29, 0.717) is 5.69 Å². The lowest BCUT2D eigenvalue weighted by Gasteiger charge is -2.10. The molecule has 0 bridgehead atoms. The van der Waals surface area contributed by atoms with Crippen LogP contribution in [0, 0.1) is 0 Å². The van der Waals surface area contributed by atoms with Crippen molar-refractivity contribution < 1.29 is 9.59 Å². The summed E-state index contributed by atoms with van der Waals surface area (Å²) >= 11 is 0. The Balaban J connectivity index is 2.13. The first-order valence-corrected chi connectivity index (χ1v) is 7.21. The number of aromatic nitrogens is 2. The zero-order valence-electron chi connectivity index (χ0n) is 12.9. The largest absolute Gasteiger partial charge is 0.352 e. The number of rotatable bonds is 5. The van der Waals surface area contributed by atoms with Crippen LogP contribution in [0.15, 0.2) is 47.3 Å². The summed E-state index contributed by atoms with van der Waals surface area (Å²) in [6.07, 6.45) is 0. The molecule has 0 fully saturated rings. The zero-order chi connectivity index (χ0) is 16.8. The summed E-state index contributed by atoms with van der Waals surface area (Å²) < 4.78 is 1.14. The van der Waals surface area contributed by atoms with E-state index in [2.05, 4.69) is 15.7 Å². The smallest absolute Gasteiger partial charge is 0.272 e. The fourth-order valence-corrected chi connectivity index (χ4v) is 1.91. The summed E-state index contributed by atoms with van der Waals surface area (Å²) in [5, 5.41) is 9.18. The zero-order valence-corrected chi connectivity index (χ0v) is 12.9. The third kappa shape index (κ3) is 4.50. The molecule has 1 aromatic heterocycles. The van der Waals surface area contributed by atoms with E-state index in [4.69, 9.17) is 0 Å². The van der Waals surface area contributed by atoms with Crippen molar-refractivity contribution in [2.24, 2.45) is 0 Å². The van der Waals surface area contributed by atoms with E-state index in [1.165, 1.54) is 12.1 Å². The molecule has 0 spiro atoms. The van der Waals surface area contributed by atoms with Gasteiger partial charge in [-0.1, -0.05) is 18.2 Å². The maximum absolute atomic E-state index is 12.1. The number of hydrogen-bond acceptors (Lipinski definition) is 4. The van der Waals surface area contributed by atoms with Crippen LogP contribution in [0.4, 0.5) is 0 Å². The van der Waals surface area contributed by atoms with Gasteiger partial charge in [0.1, 0.15) is 5.69 Å². The highest BCUT2D eigenvalue weighted by Gasteiger charge is 2.12. The number of amides is 2. The molecule has 2 amide bonds. The Morgan fingerprint density at radius 3 is 2.48 bits per heavy atom. The SMILES string of the molecule is CC(C)NC(=O)CNC(=O)c1ccc(=O)n(-c2ccccc2)n1. The Morgan fingerprint density at radius 1 is 1.13 bits per heavy atom. The van der Waals surface area contributed by atoms with Gasteiger partial charge in [-0.15, -0.1) is 0 Å². The van der Waals surface area contributed by atoms with E-state index in [-0.39, 0.29) is 29.7 Å². The Kier molecular flexibility index (Phi) is 5.24. The van der Waals surface area contributed by atoms with E-state index in [1.54, 1.807) is 24.3 Å². The summed E-state index contributed by atoms with van der Waals surface area (Å²) in [5.41, 5.74) is 0.279. The molecule has 0 atom stereocenters. The molecule has 1 aromatic carbocycles. The van der Waals surface area contributed by atoms with Gasteiger partial charge < -0.3 is 10.6 Å². The van der Waals surface area contributed by atoms with Gasteiger partial charge in [-0.2, -0.15) is 9.78 Å². The van der Waals surface area contributed by atoms with Gasteiger partial charge >= 0.3 is 0 Å². The highest BCUT2D eigenvalue weighted by molar-refractivity contribution is 5.94. The van der Waals surface area contributed by atoms with Crippen LogP contribution in [-0.4, -0.2) is 34.2 Å². The van der Waals surface area contributed by atoms with Crippen molar-refractivity contribution in [2.75, 3.05) is 6.54 Å². The lowest BCUT2D eigenvalue weighted by Crippen LogP contribution is -2.40. The van der Waals surface area contributed by atoms with Crippen LogP contribution < -0.4 is 16.2 Å². The van der Waals surface area contributed by atoms with Crippen LogP contribution in [0.2, 0.25) is 0 Å². The van der Waals surface area contributed by atoms with Gasteiger partial charge in [-0.25, -0.2) is 0 Å². The Hall–Kier alpha value is -2.96. The monoisotopic (exact) mass is 314 g/mol. The fraction of sp³-hybridized carbons (Fsp3) is 0.250. The lowest BCUT2D eigenvalue weighted by molar-refractivity contribution is -0.120. The van der Waals surface area contributed by atoms with Crippen molar-refractivity contribution in [1.82, 2.24) is 20.4 Å². The second-order valence-corrected chi connectivity index (χ2v) is 5.21. The Labute approximate surface area is 133 Å². The molecule has 23 heavy (non-hydrogen) atoms. The number of nitrogens with one attached hydrogen (secondary N) is 2. The first-order chi connectivity index (χ1) is 11.0. The number of nitrogens with zero attached hydrogens (tertiary/aromatic N) is 2. The molecule has 0 aliphatic heterocycles. The van der Waals surface area contributed by atoms with Gasteiger partial charge in [-0.3, -0.25) is 14.4 Å². The molecule has 2 rings (SSSR count). The molecule has 0 saturated heterocycles. The summed E-state index contributed by atoms with van der Waals surface area (Å²) in [6.45, 7) is 3.51. The molecule has 120 valence electrons. The predicted molar refractivity (Wildman–Crippen MR) is 85.4 cm³/mol. The molecule has 2 N–H and O–H groups in total. The normalized spacial score (nSPS) is 10.4. The van der Waals surface area contributed by atoms with E-state index in [9.17, 15) is 14.4 Å². The van der Waals surface area contributed by atoms with Crippen molar-refractivity contribution in [3.05, 3.63) is 58.5 Å². The van der Waals surface area contributed by atoms with Crippen molar-refractivity contribution in [2.45, 2.75) is 19.9 Å². The van der Waals surface area contributed by atoms with Gasteiger partial charge in [0.2, 0.25) is 5.91 Å². The van der Waals surface area contributed by atoms with Crippen LogP contribution in [0.3, 0.4) is 0 Å². The van der Waals surface area contributed by atoms with E-state index < -0.39 is 5.91 Å². The van der Waals surface area contributed by atoms with Crippen molar-refractivity contribution >= 4 is 11.8 Å². The molecule has 0 radical (unpaired) electrons. The average Bonchev–Trinajstić information content (AvgIpc) is 2.53. The molecule has 2 aromatic rings. The van der Waals surface area contributed by atoms with Crippen LogP contribution in [0.25, 0.3) is 5.69 Å². The number of carbonyl (C=O) groups is 2. The third-order valence-corrected chi connectivity index (χ3v) is 2.89. The van der Waals surface area contributed by atoms with Crippen LogP contribution in [0.1, 0.15) is 24.3 Å². The molecule has 0 saturated carbocycles. The highest BCUT2D eigenvalue weighted by Crippen LogP contribution is 2.02. The topological polar surface area (TPSA) is 93.1 Å². The standard InChI is InChI=1S/C16H18N4O3/c1-11(2)18-14(21)10-17-16(23)13-8-9-15(22)20(19-13)12-6-4-3-5-7-12/h3-9,11H,10H2,1-2H3,(H,17,23)(H,18,21). The maximum atomic E-state index is 12.1. The van der Waals surface area contributed by atoms with E-state index in [0.717, 1.165) is 4.68 Å². The maximum Gasteiger partial charge on any atom is 0.272 e. The molecular weight excluding hydrogens is 296 g/mol. The lowest BCUT2D eigenvalue weighted by atomic mass is 10.3. The molecule has 1 heterocycles. The highest BCUT2D eigenvalue weighted by atomic mass is 16.2. The van der Waals surface area contributed by atoms with Crippen molar-refractivity contribution in [1.29, 1.82) is 0 Å². The minimum absolute atomic E-state index is 0.00230.